The van der Waals surface area contributed by atoms with E-state index < -0.39 is 0 Å². The van der Waals surface area contributed by atoms with Gasteiger partial charge >= 0.3 is 0 Å². The number of nitrogens with zero attached hydrogens (tertiary/aromatic N) is 1. The minimum atomic E-state index is -0.112. The Balaban J connectivity index is 2.43. The van der Waals surface area contributed by atoms with Crippen LogP contribution in [0.5, 0.6) is 0 Å². The third-order valence-corrected chi connectivity index (χ3v) is 2.31. The Morgan fingerprint density at radius 3 is 3.12 bits per heavy atom. The van der Waals surface area contributed by atoms with Crippen LogP contribution in [0.3, 0.4) is 0 Å². The Hall–Kier alpha value is -1.94. The second-order valence-electron chi connectivity index (χ2n) is 3.49. The highest BCUT2D eigenvalue weighted by Gasteiger charge is 1.98. The van der Waals surface area contributed by atoms with Crippen molar-refractivity contribution in [2.24, 2.45) is 5.73 Å². The number of aromatic nitrogens is 2. The van der Waals surface area contributed by atoms with E-state index in [-0.39, 0.29) is 5.56 Å². The first-order chi connectivity index (χ1) is 7.81. The number of rotatable bonds is 3. The molecule has 2 aromatic rings. The minimum Gasteiger partial charge on any atom is -0.330 e. The number of benzene rings is 1. The molecule has 0 radical (unpaired) electrons. The van der Waals surface area contributed by atoms with Crippen molar-refractivity contribution in [2.45, 2.75) is 6.42 Å². The molecule has 0 fully saturated rings. The molecule has 0 unspecified atom stereocenters. The van der Waals surface area contributed by atoms with Crippen molar-refractivity contribution >= 4 is 17.0 Å². The van der Waals surface area contributed by atoms with E-state index in [9.17, 15) is 4.79 Å². The lowest BCUT2D eigenvalue weighted by Crippen LogP contribution is -2.05. The summed E-state index contributed by atoms with van der Waals surface area (Å²) in [6, 6.07) is 5.60. The molecular formula is C12H13N3O. The molecule has 0 aliphatic rings. The summed E-state index contributed by atoms with van der Waals surface area (Å²) >= 11 is 0. The molecule has 1 heterocycles. The summed E-state index contributed by atoms with van der Waals surface area (Å²) in [6.07, 6.45) is 6.19. The summed E-state index contributed by atoms with van der Waals surface area (Å²) in [5, 5.41) is 0.609. The van der Waals surface area contributed by atoms with Crippen molar-refractivity contribution in [2.75, 3.05) is 6.54 Å². The minimum absolute atomic E-state index is 0.112. The molecule has 4 nitrogen and oxygen atoms in total. The molecule has 3 N–H and O–H groups in total. The van der Waals surface area contributed by atoms with Crippen LogP contribution < -0.4 is 11.3 Å². The van der Waals surface area contributed by atoms with Crippen LogP contribution in [0.1, 0.15) is 12.0 Å². The van der Waals surface area contributed by atoms with Crippen molar-refractivity contribution in [3.05, 3.63) is 46.5 Å². The van der Waals surface area contributed by atoms with Crippen molar-refractivity contribution in [1.29, 1.82) is 0 Å². The lowest BCUT2D eigenvalue weighted by Gasteiger charge is -1.97. The third kappa shape index (κ3) is 2.17. The first-order valence-electron chi connectivity index (χ1n) is 5.15. The van der Waals surface area contributed by atoms with E-state index in [2.05, 4.69) is 9.97 Å². The van der Waals surface area contributed by atoms with Crippen LogP contribution in [0.15, 0.2) is 35.4 Å². The Labute approximate surface area is 92.8 Å². The van der Waals surface area contributed by atoms with Gasteiger partial charge in [-0.3, -0.25) is 4.79 Å². The van der Waals surface area contributed by atoms with E-state index in [1.165, 1.54) is 6.33 Å². The van der Waals surface area contributed by atoms with Gasteiger partial charge < -0.3 is 10.7 Å². The van der Waals surface area contributed by atoms with Gasteiger partial charge in [-0.25, -0.2) is 4.98 Å². The summed E-state index contributed by atoms with van der Waals surface area (Å²) in [5.74, 6) is 0. The second-order valence-corrected chi connectivity index (χ2v) is 3.49. The average Bonchev–Trinajstić information content (AvgIpc) is 2.30. The highest BCUT2D eigenvalue weighted by Crippen LogP contribution is 2.10. The van der Waals surface area contributed by atoms with E-state index in [4.69, 9.17) is 5.73 Å². The Morgan fingerprint density at radius 2 is 2.31 bits per heavy atom. The highest BCUT2D eigenvalue weighted by molar-refractivity contribution is 5.80. The zero-order valence-electron chi connectivity index (χ0n) is 8.81. The van der Waals surface area contributed by atoms with Crippen LogP contribution >= 0.6 is 0 Å². The van der Waals surface area contributed by atoms with Gasteiger partial charge in [-0.05, 0) is 30.7 Å². The average molecular weight is 215 g/mol. The van der Waals surface area contributed by atoms with Gasteiger partial charge in [-0.15, -0.1) is 0 Å². The van der Waals surface area contributed by atoms with E-state index in [0.29, 0.717) is 17.4 Å². The maximum absolute atomic E-state index is 11.5. The predicted octanol–water partition coefficient (Wildman–Crippen LogP) is 1.29. The SMILES string of the molecule is NCCC=Cc1ccc2nc[nH]c(=O)c2c1. The Kier molecular flexibility index (Phi) is 3.12. The maximum Gasteiger partial charge on any atom is 0.258 e. The monoisotopic (exact) mass is 215 g/mol. The van der Waals surface area contributed by atoms with Crippen molar-refractivity contribution in [1.82, 2.24) is 9.97 Å². The molecule has 0 saturated heterocycles. The largest absolute Gasteiger partial charge is 0.330 e. The van der Waals surface area contributed by atoms with E-state index >= 15 is 0 Å². The third-order valence-electron chi connectivity index (χ3n) is 2.31. The Morgan fingerprint density at radius 1 is 1.44 bits per heavy atom. The van der Waals surface area contributed by atoms with Crippen LogP contribution in [0, 0.1) is 0 Å². The van der Waals surface area contributed by atoms with E-state index in [1.54, 1.807) is 0 Å². The molecule has 0 aliphatic heterocycles. The maximum atomic E-state index is 11.5. The van der Waals surface area contributed by atoms with Gasteiger partial charge in [0.2, 0.25) is 0 Å². The number of fused-ring (bicyclic) bond motifs is 1. The van der Waals surface area contributed by atoms with Gasteiger partial charge in [0.15, 0.2) is 0 Å². The second kappa shape index (κ2) is 4.72. The number of H-pyrrole nitrogens is 1. The van der Waals surface area contributed by atoms with Gasteiger partial charge in [-0.1, -0.05) is 18.2 Å². The summed E-state index contributed by atoms with van der Waals surface area (Å²) in [5.41, 5.74) is 6.97. The molecule has 0 amide bonds. The molecule has 16 heavy (non-hydrogen) atoms. The highest BCUT2D eigenvalue weighted by atomic mass is 16.1. The lowest BCUT2D eigenvalue weighted by atomic mass is 10.1. The fourth-order valence-corrected chi connectivity index (χ4v) is 1.51. The van der Waals surface area contributed by atoms with Gasteiger partial charge in [0.05, 0.1) is 17.2 Å². The fourth-order valence-electron chi connectivity index (χ4n) is 1.51. The van der Waals surface area contributed by atoms with Gasteiger partial charge in [0, 0.05) is 0 Å². The molecule has 0 aliphatic carbocycles. The smallest absolute Gasteiger partial charge is 0.258 e. The summed E-state index contributed by atoms with van der Waals surface area (Å²) in [6.45, 7) is 0.631. The molecule has 0 spiro atoms. The molecule has 0 saturated carbocycles. The van der Waals surface area contributed by atoms with Crippen molar-refractivity contribution in [3.8, 4) is 0 Å². The first-order valence-corrected chi connectivity index (χ1v) is 5.15. The molecule has 0 bridgehead atoms. The predicted molar refractivity (Wildman–Crippen MR) is 65.1 cm³/mol. The van der Waals surface area contributed by atoms with Crippen LogP contribution in [-0.4, -0.2) is 16.5 Å². The molecule has 1 aromatic carbocycles. The van der Waals surface area contributed by atoms with Crippen LogP contribution in [0.4, 0.5) is 0 Å². The number of hydrogen-bond donors (Lipinski definition) is 2. The zero-order chi connectivity index (χ0) is 11.4. The van der Waals surface area contributed by atoms with Gasteiger partial charge in [0.25, 0.3) is 5.56 Å². The lowest BCUT2D eigenvalue weighted by molar-refractivity contribution is 1.01. The summed E-state index contributed by atoms with van der Waals surface area (Å²) in [7, 11) is 0. The molecule has 2 rings (SSSR count). The normalized spacial score (nSPS) is 11.3. The van der Waals surface area contributed by atoms with E-state index in [0.717, 1.165) is 12.0 Å². The molecule has 0 atom stereocenters. The Bertz CT molecular complexity index is 572. The van der Waals surface area contributed by atoms with Crippen LogP contribution in [0.25, 0.3) is 17.0 Å². The van der Waals surface area contributed by atoms with Gasteiger partial charge in [0.1, 0.15) is 0 Å². The quantitative estimate of drug-likeness (QED) is 0.810. The molecular weight excluding hydrogens is 202 g/mol. The van der Waals surface area contributed by atoms with Crippen LogP contribution in [-0.2, 0) is 0 Å². The number of hydrogen-bond acceptors (Lipinski definition) is 3. The van der Waals surface area contributed by atoms with Crippen LogP contribution in [0.2, 0.25) is 0 Å². The molecule has 82 valence electrons. The first kappa shape index (κ1) is 10.6. The number of nitrogens with one attached hydrogen (secondary N) is 1. The topological polar surface area (TPSA) is 71.8 Å². The zero-order valence-corrected chi connectivity index (χ0v) is 8.81. The van der Waals surface area contributed by atoms with Gasteiger partial charge in [-0.2, -0.15) is 0 Å². The number of aromatic amines is 1. The van der Waals surface area contributed by atoms with E-state index in [1.807, 2.05) is 30.4 Å². The van der Waals surface area contributed by atoms with Crippen molar-refractivity contribution < 1.29 is 0 Å². The molecule has 1 aromatic heterocycles. The fraction of sp³-hybridized carbons (Fsp3) is 0.167. The van der Waals surface area contributed by atoms with Crippen molar-refractivity contribution in [3.63, 3.8) is 0 Å². The molecule has 4 heteroatoms. The number of nitrogens with two attached hydrogens (primary N) is 1. The summed E-state index contributed by atoms with van der Waals surface area (Å²) in [4.78, 5) is 18.2. The standard InChI is InChI=1S/C12H13N3O/c13-6-2-1-3-9-4-5-11-10(7-9)12(16)15-8-14-11/h1,3-5,7-8H,2,6,13H2,(H,14,15,16). The summed E-state index contributed by atoms with van der Waals surface area (Å²) < 4.78 is 0.